The van der Waals surface area contributed by atoms with Crippen molar-refractivity contribution in [2.75, 3.05) is 20.2 Å². The van der Waals surface area contributed by atoms with Crippen molar-refractivity contribution < 1.29 is 14.3 Å². The maximum absolute atomic E-state index is 11.5. The second-order valence-corrected chi connectivity index (χ2v) is 3.36. The van der Waals surface area contributed by atoms with E-state index < -0.39 is 5.97 Å². The normalized spacial score (nSPS) is 9.76. The lowest BCUT2D eigenvalue weighted by Gasteiger charge is -2.16. The number of imidazole rings is 1. The molecule has 1 aromatic heterocycles. The minimum atomic E-state index is -0.452. The first-order valence-corrected chi connectivity index (χ1v) is 5.26. The average Bonchev–Trinajstić information content (AvgIpc) is 2.79. The van der Waals surface area contributed by atoms with Crippen LogP contribution in [0.2, 0.25) is 0 Å². The van der Waals surface area contributed by atoms with Crippen LogP contribution in [0, 0.1) is 0 Å². The molecule has 0 spiro atoms. The highest BCUT2D eigenvalue weighted by Crippen LogP contribution is 1.95. The highest BCUT2D eigenvalue weighted by atomic mass is 16.5. The maximum atomic E-state index is 11.5. The molecule has 0 aliphatic rings. The number of nitrogens with zero attached hydrogens (tertiary/aromatic N) is 2. The average molecular weight is 240 g/mol. The van der Waals surface area contributed by atoms with Crippen molar-refractivity contribution in [3.05, 3.63) is 18.2 Å². The minimum Gasteiger partial charge on any atom is -0.465 e. The van der Waals surface area contributed by atoms with Gasteiger partial charge in [0.25, 0.3) is 0 Å². The van der Waals surface area contributed by atoms with Gasteiger partial charge in [-0.1, -0.05) is 0 Å². The Morgan fingerprint density at radius 3 is 2.94 bits per heavy atom. The van der Waals surface area contributed by atoms with Crippen LogP contribution < -0.4 is 5.32 Å². The molecular weight excluding hydrogens is 224 g/mol. The number of carbonyl (C=O) groups is 2. The van der Waals surface area contributed by atoms with Crippen LogP contribution in [0.5, 0.6) is 0 Å². The number of aromatic amines is 1. The first kappa shape index (κ1) is 13.0. The summed E-state index contributed by atoms with van der Waals surface area (Å²) in [7, 11) is 1.61. The summed E-state index contributed by atoms with van der Waals surface area (Å²) in [5.41, 5.74) is 0. The van der Waals surface area contributed by atoms with Gasteiger partial charge in [0, 0.05) is 19.4 Å². The summed E-state index contributed by atoms with van der Waals surface area (Å²) in [6, 6.07) is -0.352. The molecule has 0 saturated carbocycles. The molecule has 7 heteroatoms. The van der Waals surface area contributed by atoms with Gasteiger partial charge in [-0.2, -0.15) is 0 Å². The fourth-order valence-electron chi connectivity index (χ4n) is 1.18. The Labute approximate surface area is 99.2 Å². The number of amides is 2. The summed E-state index contributed by atoms with van der Waals surface area (Å²) in [5, 5.41) is 2.45. The van der Waals surface area contributed by atoms with E-state index in [1.165, 1.54) is 4.90 Å². The van der Waals surface area contributed by atoms with E-state index >= 15 is 0 Å². The molecule has 0 atom stereocenters. The Kier molecular flexibility index (Phi) is 4.99. The lowest BCUT2D eigenvalue weighted by Crippen LogP contribution is -2.40. The predicted octanol–water partition coefficient (Wildman–Crippen LogP) is 0.114. The van der Waals surface area contributed by atoms with Gasteiger partial charge in [0.15, 0.2) is 0 Å². The highest BCUT2D eigenvalue weighted by molar-refractivity contribution is 5.80. The van der Waals surface area contributed by atoms with Crippen molar-refractivity contribution in [3.8, 4) is 0 Å². The molecule has 94 valence electrons. The topological polar surface area (TPSA) is 87.3 Å². The number of ether oxygens (including phenoxy) is 1. The summed E-state index contributed by atoms with van der Waals surface area (Å²) in [5.74, 6) is 0.228. The number of aromatic nitrogens is 2. The summed E-state index contributed by atoms with van der Waals surface area (Å²) in [4.78, 5) is 30.8. The Morgan fingerprint density at radius 2 is 2.35 bits per heavy atom. The van der Waals surface area contributed by atoms with Crippen LogP contribution in [0.25, 0.3) is 0 Å². The van der Waals surface area contributed by atoms with Crippen molar-refractivity contribution in [1.29, 1.82) is 0 Å². The molecule has 0 aliphatic heterocycles. The van der Waals surface area contributed by atoms with Gasteiger partial charge in [0.05, 0.1) is 13.2 Å². The van der Waals surface area contributed by atoms with Gasteiger partial charge < -0.3 is 19.9 Å². The molecule has 0 radical (unpaired) electrons. The molecule has 0 unspecified atom stereocenters. The second kappa shape index (κ2) is 6.51. The zero-order valence-electron chi connectivity index (χ0n) is 9.90. The van der Waals surface area contributed by atoms with Crippen LogP contribution in [0.1, 0.15) is 12.7 Å². The summed E-state index contributed by atoms with van der Waals surface area (Å²) >= 11 is 0. The zero-order valence-corrected chi connectivity index (χ0v) is 9.90. The van der Waals surface area contributed by atoms with E-state index in [0.29, 0.717) is 19.0 Å². The molecule has 1 rings (SSSR count). The number of hydrogen-bond acceptors (Lipinski definition) is 4. The van der Waals surface area contributed by atoms with E-state index in [9.17, 15) is 9.59 Å². The van der Waals surface area contributed by atoms with Gasteiger partial charge in [-0.15, -0.1) is 0 Å². The highest BCUT2D eigenvalue weighted by Gasteiger charge is 2.11. The van der Waals surface area contributed by atoms with Crippen molar-refractivity contribution >= 4 is 12.0 Å². The third-order valence-corrected chi connectivity index (χ3v) is 1.98. The molecule has 2 N–H and O–H groups in total. The molecule has 1 aromatic rings. The number of carbonyl (C=O) groups excluding carboxylic acids is 2. The third kappa shape index (κ3) is 4.54. The van der Waals surface area contributed by atoms with Crippen LogP contribution in [0.15, 0.2) is 12.4 Å². The van der Waals surface area contributed by atoms with Gasteiger partial charge in [-0.3, -0.25) is 4.79 Å². The molecule has 7 nitrogen and oxygen atoms in total. The van der Waals surface area contributed by atoms with Crippen LogP contribution in [-0.4, -0.2) is 47.1 Å². The molecule has 0 aromatic carbocycles. The molecule has 0 bridgehead atoms. The van der Waals surface area contributed by atoms with E-state index in [1.807, 2.05) is 0 Å². The number of urea groups is 1. The first-order valence-electron chi connectivity index (χ1n) is 5.26. The van der Waals surface area contributed by atoms with Crippen molar-refractivity contribution in [3.63, 3.8) is 0 Å². The second-order valence-electron chi connectivity index (χ2n) is 3.36. The Morgan fingerprint density at radius 1 is 1.59 bits per heavy atom. The summed E-state index contributed by atoms with van der Waals surface area (Å²) in [6.07, 6.45) is 3.29. The molecule has 2 amide bonds. The smallest absolute Gasteiger partial charge is 0.325 e. The maximum Gasteiger partial charge on any atom is 0.325 e. The summed E-state index contributed by atoms with van der Waals surface area (Å²) < 4.78 is 4.69. The SMILES string of the molecule is CCOC(=O)CNC(=O)N(C)Cc1ncc[nH]1. The summed E-state index contributed by atoms with van der Waals surface area (Å²) in [6.45, 7) is 2.23. The third-order valence-electron chi connectivity index (χ3n) is 1.98. The molecule has 0 saturated heterocycles. The lowest BCUT2D eigenvalue weighted by atomic mass is 10.5. The van der Waals surface area contributed by atoms with Crippen molar-refractivity contribution in [2.24, 2.45) is 0 Å². The van der Waals surface area contributed by atoms with Gasteiger partial charge in [-0.25, -0.2) is 9.78 Å². The molecule has 0 fully saturated rings. The predicted molar refractivity (Wildman–Crippen MR) is 60.1 cm³/mol. The molecular formula is C10H16N4O3. The van der Waals surface area contributed by atoms with E-state index in [0.717, 1.165) is 0 Å². The fraction of sp³-hybridized carbons (Fsp3) is 0.500. The minimum absolute atomic E-state index is 0.130. The lowest BCUT2D eigenvalue weighted by molar-refractivity contribution is -0.141. The van der Waals surface area contributed by atoms with Crippen LogP contribution in [-0.2, 0) is 16.1 Å². The Balaban J connectivity index is 2.29. The van der Waals surface area contributed by atoms with E-state index in [2.05, 4.69) is 20.0 Å². The fourth-order valence-corrected chi connectivity index (χ4v) is 1.18. The number of hydrogen-bond donors (Lipinski definition) is 2. The van der Waals surface area contributed by atoms with E-state index in [1.54, 1.807) is 26.4 Å². The molecule has 1 heterocycles. The van der Waals surface area contributed by atoms with E-state index in [-0.39, 0.29) is 12.6 Å². The molecule has 0 aliphatic carbocycles. The largest absolute Gasteiger partial charge is 0.465 e. The van der Waals surface area contributed by atoms with Gasteiger partial charge in [0.1, 0.15) is 12.4 Å². The van der Waals surface area contributed by atoms with E-state index in [4.69, 9.17) is 0 Å². The van der Waals surface area contributed by atoms with Gasteiger partial charge in [0.2, 0.25) is 0 Å². The first-order chi connectivity index (χ1) is 8.13. The van der Waals surface area contributed by atoms with Gasteiger partial charge in [-0.05, 0) is 6.92 Å². The Bertz CT molecular complexity index is 364. The quantitative estimate of drug-likeness (QED) is 0.715. The number of esters is 1. The van der Waals surface area contributed by atoms with Crippen LogP contribution in [0.3, 0.4) is 0 Å². The van der Waals surface area contributed by atoms with Crippen molar-refractivity contribution in [2.45, 2.75) is 13.5 Å². The van der Waals surface area contributed by atoms with Crippen molar-refractivity contribution in [1.82, 2.24) is 20.2 Å². The number of rotatable bonds is 5. The molecule has 17 heavy (non-hydrogen) atoms. The van der Waals surface area contributed by atoms with Gasteiger partial charge >= 0.3 is 12.0 Å². The Hall–Kier alpha value is -2.05. The van der Waals surface area contributed by atoms with Crippen LogP contribution in [0.4, 0.5) is 4.79 Å². The monoisotopic (exact) mass is 240 g/mol. The number of nitrogens with one attached hydrogen (secondary N) is 2. The van der Waals surface area contributed by atoms with Crippen LogP contribution >= 0.6 is 0 Å². The zero-order chi connectivity index (χ0) is 12.7. The standard InChI is InChI=1S/C10H16N4O3/c1-3-17-9(15)6-13-10(16)14(2)7-8-11-4-5-12-8/h4-5H,3,6-7H2,1-2H3,(H,11,12)(H,13,16). The number of H-pyrrole nitrogens is 1.